The Labute approximate surface area is 176 Å². The van der Waals surface area contributed by atoms with Gasteiger partial charge in [-0.05, 0) is 44.5 Å². The van der Waals surface area contributed by atoms with Crippen molar-refractivity contribution < 1.29 is 21.6 Å². The Morgan fingerprint density at radius 3 is 2.50 bits per heavy atom. The Balaban J connectivity index is 2.13. The maximum absolute atomic E-state index is 15.2. The first-order chi connectivity index (χ1) is 13.8. The van der Waals surface area contributed by atoms with E-state index in [1.54, 1.807) is 0 Å². The number of nitrogens with two attached hydrogens (primary N) is 1. The van der Waals surface area contributed by atoms with E-state index in [0.29, 0.717) is 0 Å². The summed E-state index contributed by atoms with van der Waals surface area (Å²) in [6, 6.07) is 3.33. The molecule has 1 unspecified atom stereocenters. The van der Waals surface area contributed by atoms with Crippen molar-refractivity contribution in [1.29, 1.82) is 0 Å². The molecule has 0 radical (unpaired) electrons. The molecule has 11 heteroatoms. The zero-order chi connectivity index (χ0) is 22.5. The summed E-state index contributed by atoms with van der Waals surface area (Å²) in [5.41, 5.74) is 0.726. The zero-order valence-corrected chi connectivity index (χ0v) is 17.8. The number of hydrogen-bond donors (Lipinski definition) is 1. The van der Waals surface area contributed by atoms with Crippen LogP contribution in [0.3, 0.4) is 0 Å². The van der Waals surface area contributed by atoms with Crippen molar-refractivity contribution in [2.75, 3.05) is 0 Å². The normalized spacial score (nSPS) is 25.6. The predicted octanol–water partition coefficient (Wildman–Crippen LogP) is 3.81. The largest absolute Gasteiger partial charge is 0.386 e. The maximum atomic E-state index is 15.2. The van der Waals surface area contributed by atoms with Gasteiger partial charge in [-0.1, -0.05) is 17.7 Å². The van der Waals surface area contributed by atoms with Gasteiger partial charge in [0.25, 0.3) is 0 Å². The molecule has 6 nitrogen and oxygen atoms in total. The van der Waals surface area contributed by atoms with Crippen molar-refractivity contribution in [2.45, 2.75) is 36.6 Å². The van der Waals surface area contributed by atoms with E-state index < -0.39 is 37.3 Å². The van der Waals surface area contributed by atoms with Crippen LogP contribution in [0.25, 0.3) is 11.9 Å². The molecule has 2 N–H and O–H groups in total. The van der Waals surface area contributed by atoms with E-state index in [0.717, 1.165) is 37.5 Å². The summed E-state index contributed by atoms with van der Waals surface area (Å²) in [7, 11) is -4.45. The molecule has 160 valence electrons. The van der Waals surface area contributed by atoms with Crippen LogP contribution in [0.1, 0.15) is 37.6 Å². The number of hydrogen-bond acceptors (Lipinski definition) is 6. The fourth-order valence-electron chi connectivity index (χ4n) is 3.00. The Bertz CT molecular complexity index is 1170. The van der Waals surface area contributed by atoms with Gasteiger partial charge in [0, 0.05) is 5.56 Å². The molecule has 2 heterocycles. The van der Waals surface area contributed by atoms with Crippen LogP contribution in [0, 0.1) is 5.82 Å². The van der Waals surface area contributed by atoms with Gasteiger partial charge in [-0.15, -0.1) is 0 Å². The van der Waals surface area contributed by atoms with E-state index in [2.05, 4.69) is 15.0 Å². The molecule has 0 spiro atoms. The highest BCUT2D eigenvalue weighted by Gasteiger charge is 2.57. The fraction of sp³-hybridized carbons (Fsp3) is 0.316. The van der Waals surface area contributed by atoms with Crippen LogP contribution in [0.5, 0.6) is 0 Å². The molecule has 0 fully saturated rings. The molecule has 1 aromatic heterocycles. The Hall–Kier alpha value is -2.46. The Morgan fingerprint density at radius 1 is 1.23 bits per heavy atom. The van der Waals surface area contributed by atoms with Crippen LogP contribution in [0.4, 0.5) is 13.2 Å². The first kappa shape index (κ1) is 22.2. The van der Waals surface area contributed by atoms with E-state index in [1.165, 1.54) is 19.9 Å². The monoisotopic (exact) mass is 458 g/mol. The number of halogens is 4. The second kappa shape index (κ2) is 7.35. The highest BCUT2D eigenvalue weighted by molar-refractivity contribution is 7.94. The molecule has 0 aliphatic carbocycles. The molecule has 1 aliphatic heterocycles. The molecule has 0 saturated carbocycles. The molecule has 0 amide bonds. The van der Waals surface area contributed by atoms with Crippen molar-refractivity contribution in [3.05, 3.63) is 58.4 Å². The molecule has 1 aromatic carbocycles. The Kier molecular flexibility index (Phi) is 5.44. The highest BCUT2D eigenvalue weighted by Crippen LogP contribution is 2.44. The third-order valence-corrected chi connectivity index (χ3v) is 7.92. The van der Waals surface area contributed by atoms with E-state index in [1.807, 2.05) is 0 Å². The maximum Gasteiger partial charge on any atom is 0.230 e. The molecule has 0 saturated heterocycles. The highest BCUT2D eigenvalue weighted by atomic mass is 35.5. The molecule has 1 aliphatic rings. The van der Waals surface area contributed by atoms with Crippen molar-refractivity contribution in [1.82, 2.24) is 9.97 Å². The van der Waals surface area contributed by atoms with Gasteiger partial charge in [-0.3, -0.25) is 4.99 Å². The van der Waals surface area contributed by atoms with Crippen molar-refractivity contribution in [2.24, 2.45) is 10.7 Å². The van der Waals surface area contributed by atoms with Gasteiger partial charge in [0.05, 0.1) is 12.4 Å². The van der Waals surface area contributed by atoms with Crippen LogP contribution < -0.4 is 5.73 Å². The van der Waals surface area contributed by atoms with Crippen LogP contribution in [0.15, 0.2) is 35.6 Å². The minimum Gasteiger partial charge on any atom is -0.386 e. The number of alkyl halides is 1. The number of benzene rings is 1. The quantitative estimate of drug-likeness (QED) is 0.754. The number of sulfone groups is 1. The standard InChI is InChI=1S/C19H18ClF3N4O2S/c1-18(2)17(24)27-19(3,16(23)30(18,28)29)11-6-10(4-5-12(11)21)7-13(22)14-8-26-15(20)9-25-14/h4-9,16H,1-3H3,(H2,24,27)/b13-7-/t16?,19-/m1/s1. The molecule has 3 rings (SSSR count). The first-order valence-electron chi connectivity index (χ1n) is 8.69. The van der Waals surface area contributed by atoms with Crippen LogP contribution in [-0.4, -0.2) is 34.5 Å². The van der Waals surface area contributed by atoms with Gasteiger partial charge < -0.3 is 5.73 Å². The topological polar surface area (TPSA) is 98.3 Å². The molecule has 30 heavy (non-hydrogen) atoms. The van der Waals surface area contributed by atoms with Gasteiger partial charge in [0.1, 0.15) is 32.8 Å². The molecule has 0 bridgehead atoms. The SMILES string of the molecule is CC1(C)C(N)=N[C@](C)(c2cc(/C=C(\F)c3cnc(Cl)cn3)ccc2F)C(F)S1(=O)=O. The zero-order valence-electron chi connectivity index (χ0n) is 16.2. The summed E-state index contributed by atoms with van der Waals surface area (Å²) >= 11 is 5.62. The second-order valence-corrected chi connectivity index (χ2v) is 10.4. The minimum absolute atomic E-state index is 0.0782. The van der Waals surface area contributed by atoms with E-state index >= 15 is 4.39 Å². The molecular formula is C19H18ClF3N4O2S. The number of amidine groups is 1. The van der Waals surface area contributed by atoms with E-state index in [-0.39, 0.29) is 27.8 Å². The lowest BCUT2D eigenvalue weighted by atomic mass is 9.90. The van der Waals surface area contributed by atoms with Crippen molar-refractivity contribution in [3.8, 4) is 0 Å². The second-order valence-electron chi connectivity index (χ2n) is 7.47. The lowest BCUT2D eigenvalue weighted by Crippen LogP contribution is -2.58. The number of aromatic nitrogens is 2. The number of aliphatic imine (C=N–C) groups is 1. The molecule has 2 atom stereocenters. The molecule has 2 aromatic rings. The smallest absolute Gasteiger partial charge is 0.230 e. The summed E-state index contributed by atoms with van der Waals surface area (Å²) in [6.07, 6.45) is 3.28. The average Bonchev–Trinajstić information content (AvgIpc) is 2.68. The Morgan fingerprint density at radius 2 is 1.90 bits per heavy atom. The van der Waals surface area contributed by atoms with Gasteiger partial charge in [-0.2, -0.15) is 0 Å². The number of nitrogens with zero attached hydrogens (tertiary/aromatic N) is 3. The molecular weight excluding hydrogens is 441 g/mol. The summed E-state index contributed by atoms with van der Waals surface area (Å²) < 4.78 is 67.9. The van der Waals surface area contributed by atoms with Crippen LogP contribution in [-0.2, 0) is 15.4 Å². The van der Waals surface area contributed by atoms with Crippen LogP contribution in [0.2, 0.25) is 5.15 Å². The summed E-state index contributed by atoms with van der Waals surface area (Å²) in [6.45, 7) is 3.58. The van der Waals surface area contributed by atoms with Gasteiger partial charge in [0.2, 0.25) is 5.50 Å². The van der Waals surface area contributed by atoms with Gasteiger partial charge in [0.15, 0.2) is 15.7 Å². The minimum atomic E-state index is -4.45. The lowest BCUT2D eigenvalue weighted by molar-refractivity contribution is 0.267. The van der Waals surface area contributed by atoms with Gasteiger partial charge in [-0.25, -0.2) is 31.6 Å². The van der Waals surface area contributed by atoms with E-state index in [4.69, 9.17) is 17.3 Å². The van der Waals surface area contributed by atoms with E-state index in [9.17, 15) is 17.2 Å². The number of rotatable bonds is 3. The third kappa shape index (κ3) is 3.47. The average molecular weight is 459 g/mol. The lowest BCUT2D eigenvalue weighted by Gasteiger charge is -2.40. The van der Waals surface area contributed by atoms with Crippen LogP contribution >= 0.6 is 11.6 Å². The van der Waals surface area contributed by atoms with Gasteiger partial charge >= 0.3 is 0 Å². The first-order valence-corrected chi connectivity index (χ1v) is 10.6. The predicted molar refractivity (Wildman–Crippen MR) is 109 cm³/mol. The summed E-state index contributed by atoms with van der Waals surface area (Å²) in [5.74, 6) is -2.06. The van der Waals surface area contributed by atoms with Crippen molar-refractivity contribution >= 4 is 39.2 Å². The fourth-order valence-corrected chi connectivity index (χ4v) is 4.74. The summed E-state index contributed by atoms with van der Waals surface area (Å²) in [5, 5.41) is 0.0782. The van der Waals surface area contributed by atoms with Crippen molar-refractivity contribution in [3.63, 3.8) is 0 Å². The third-order valence-electron chi connectivity index (χ3n) is 5.09. The summed E-state index contributed by atoms with van der Waals surface area (Å²) in [4.78, 5) is 11.5.